The highest BCUT2D eigenvalue weighted by Gasteiger charge is 2.22. The summed E-state index contributed by atoms with van der Waals surface area (Å²) in [5, 5.41) is 6.47. The van der Waals surface area contributed by atoms with Crippen molar-refractivity contribution in [2.75, 3.05) is 11.9 Å². The van der Waals surface area contributed by atoms with E-state index in [1.807, 2.05) is 13.8 Å². The second kappa shape index (κ2) is 6.19. The number of hydrogen-bond donors (Lipinski definition) is 2. The minimum absolute atomic E-state index is 0.0826. The maximum Gasteiger partial charge on any atom is 0.221 e. The van der Waals surface area contributed by atoms with Crippen molar-refractivity contribution in [2.45, 2.75) is 45.1 Å². The molecule has 2 rings (SSSR count). The number of halogens is 1. The Morgan fingerprint density at radius 2 is 2.21 bits per heavy atom. The summed E-state index contributed by atoms with van der Waals surface area (Å²) >= 11 is 5.94. The molecule has 6 heteroatoms. The van der Waals surface area contributed by atoms with Gasteiger partial charge in [-0.3, -0.25) is 4.79 Å². The lowest BCUT2D eigenvalue weighted by Gasteiger charge is -2.09. The Balaban J connectivity index is 1.82. The van der Waals surface area contributed by atoms with Crippen LogP contribution in [-0.4, -0.2) is 28.5 Å². The van der Waals surface area contributed by atoms with Gasteiger partial charge in [0, 0.05) is 31.0 Å². The number of nitrogens with one attached hydrogen (secondary N) is 2. The average Bonchev–Trinajstić information content (AvgIpc) is 3.12. The number of carbonyl (C=O) groups excluding carboxylic acids is 1. The molecule has 0 radical (unpaired) electrons. The lowest BCUT2D eigenvalue weighted by Crippen LogP contribution is -2.27. The van der Waals surface area contributed by atoms with E-state index in [0.717, 1.165) is 12.8 Å². The van der Waals surface area contributed by atoms with Crippen molar-refractivity contribution in [2.24, 2.45) is 0 Å². The number of amides is 1. The van der Waals surface area contributed by atoms with Crippen molar-refractivity contribution in [3.63, 3.8) is 0 Å². The predicted octanol–water partition coefficient (Wildman–Crippen LogP) is 2.33. The third-order valence-electron chi connectivity index (χ3n) is 2.83. The van der Waals surface area contributed by atoms with Crippen molar-refractivity contribution >= 4 is 23.3 Å². The van der Waals surface area contributed by atoms with Crippen molar-refractivity contribution in [3.8, 4) is 0 Å². The zero-order chi connectivity index (χ0) is 13.8. The molecular formula is C13H19ClN4O. The number of nitrogens with zero attached hydrogens (tertiary/aromatic N) is 2. The van der Waals surface area contributed by atoms with E-state index in [9.17, 15) is 4.79 Å². The Labute approximate surface area is 118 Å². The smallest absolute Gasteiger partial charge is 0.221 e. The van der Waals surface area contributed by atoms with Gasteiger partial charge < -0.3 is 10.6 Å². The van der Waals surface area contributed by atoms with Crippen molar-refractivity contribution < 1.29 is 4.79 Å². The van der Waals surface area contributed by atoms with Crippen LogP contribution in [0.2, 0.25) is 5.15 Å². The highest BCUT2D eigenvalue weighted by atomic mass is 35.5. The van der Waals surface area contributed by atoms with E-state index >= 15 is 0 Å². The number of carbonyl (C=O) groups is 1. The molecular weight excluding hydrogens is 264 g/mol. The van der Waals surface area contributed by atoms with Crippen molar-refractivity contribution in [3.05, 3.63) is 17.0 Å². The molecule has 1 heterocycles. The monoisotopic (exact) mass is 282 g/mol. The lowest BCUT2D eigenvalue weighted by atomic mass is 10.2. The first kappa shape index (κ1) is 14.1. The van der Waals surface area contributed by atoms with Gasteiger partial charge in [0.05, 0.1) is 0 Å². The molecule has 0 saturated heterocycles. The van der Waals surface area contributed by atoms with Crippen LogP contribution >= 0.6 is 11.6 Å². The largest absolute Gasteiger partial charge is 0.369 e. The van der Waals surface area contributed by atoms with Crippen LogP contribution < -0.4 is 10.6 Å². The lowest BCUT2D eigenvalue weighted by molar-refractivity contribution is -0.120. The quantitative estimate of drug-likeness (QED) is 0.786. The fraction of sp³-hybridized carbons (Fsp3) is 0.615. The zero-order valence-electron chi connectivity index (χ0n) is 11.2. The molecule has 1 amide bonds. The summed E-state index contributed by atoms with van der Waals surface area (Å²) in [6.07, 6.45) is 2.66. The molecule has 1 fully saturated rings. The number of hydrogen-bond acceptors (Lipinski definition) is 4. The molecule has 1 aromatic rings. The van der Waals surface area contributed by atoms with Crippen LogP contribution in [0.15, 0.2) is 6.07 Å². The van der Waals surface area contributed by atoms with E-state index < -0.39 is 0 Å². The molecule has 1 aliphatic rings. The van der Waals surface area contributed by atoms with E-state index in [4.69, 9.17) is 11.6 Å². The topological polar surface area (TPSA) is 66.9 Å². The van der Waals surface area contributed by atoms with E-state index in [-0.39, 0.29) is 11.8 Å². The molecule has 1 aromatic heterocycles. The summed E-state index contributed by atoms with van der Waals surface area (Å²) in [7, 11) is 0. The van der Waals surface area contributed by atoms with E-state index in [0.29, 0.717) is 35.8 Å². The summed E-state index contributed by atoms with van der Waals surface area (Å²) in [6.45, 7) is 4.57. The van der Waals surface area contributed by atoms with Gasteiger partial charge in [0.25, 0.3) is 0 Å². The first-order chi connectivity index (χ1) is 9.04. The Morgan fingerprint density at radius 3 is 2.84 bits per heavy atom. The predicted molar refractivity (Wildman–Crippen MR) is 75.4 cm³/mol. The minimum atomic E-state index is 0.0826. The van der Waals surface area contributed by atoms with Gasteiger partial charge in [0.15, 0.2) is 0 Å². The highest BCUT2D eigenvalue weighted by Crippen LogP contribution is 2.19. The summed E-state index contributed by atoms with van der Waals surface area (Å²) in [6, 6.07) is 2.08. The summed E-state index contributed by atoms with van der Waals surface area (Å²) in [5.74, 6) is 1.68. The first-order valence-corrected chi connectivity index (χ1v) is 7.00. The SMILES string of the molecule is CC(C)c1nc(Cl)cc(NCCC(=O)NC2CC2)n1. The second-order valence-corrected chi connectivity index (χ2v) is 5.49. The normalized spacial score (nSPS) is 14.5. The molecule has 0 bridgehead atoms. The fourth-order valence-electron chi connectivity index (χ4n) is 1.62. The molecule has 0 aliphatic heterocycles. The Hall–Kier alpha value is -1.36. The molecule has 5 nitrogen and oxygen atoms in total. The number of anilines is 1. The van der Waals surface area contributed by atoms with Crippen LogP contribution in [0.25, 0.3) is 0 Å². The Kier molecular flexibility index (Phi) is 4.58. The van der Waals surface area contributed by atoms with E-state index in [1.54, 1.807) is 6.07 Å². The molecule has 0 atom stereocenters. The van der Waals surface area contributed by atoms with Crippen LogP contribution in [-0.2, 0) is 4.79 Å². The Bertz CT molecular complexity index is 460. The minimum Gasteiger partial charge on any atom is -0.369 e. The maximum absolute atomic E-state index is 11.5. The average molecular weight is 283 g/mol. The summed E-state index contributed by atoms with van der Waals surface area (Å²) in [4.78, 5) is 20.0. The summed E-state index contributed by atoms with van der Waals surface area (Å²) < 4.78 is 0. The molecule has 1 aliphatic carbocycles. The van der Waals surface area contributed by atoms with Crippen molar-refractivity contribution in [1.29, 1.82) is 0 Å². The van der Waals surface area contributed by atoms with Crippen LogP contribution in [0.4, 0.5) is 5.82 Å². The first-order valence-electron chi connectivity index (χ1n) is 6.62. The van der Waals surface area contributed by atoms with E-state index in [1.165, 1.54) is 0 Å². The van der Waals surface area contributed by atoms with Gasteiger partial charge in [-0.1, -0.05) is 25.4 Å². The molecule has 0 unspecified atom stereocenters. The Morgan fingerprint density at radius 1 is 1.47 bits per heavy atom. The van der Waals surface area contributed by atoms with Gasteiger partial charge in [-0.2, -0.15) is 0 Å². The standard InChI is InChI=1S/C13H19ClN4O/c1-8(2)13-17-10(14)7-11(18-13)15-6-5-12(19)16-9-3-4-9/h7-9H,3-6H2,1-2H3,(H,16,19)(H,15,17,18). The zero-order valence-corrected chi connectivity index (χ0v) is 12.0. The fourth-order valence-corrected chi connectivity index (χ4v) is 1.81. The van der Waals surface area contributed by atoms with Gasteiger partial charge in [-0.25, -0.2) is 9.97 Å². The highest BCUT2D eigenvalue weighted by molar-refractivity contribution is 6.29. The molecule has 19 heavy (non-hydrogen) atoms. The van der Waals surface area contributed by atoms with Gasteiger partial charge in [0.2, 0.25) is 5.91 Å². The number of rotatable bonds is 6. The molecule has 2 N–H and O–H groups in total. The maximum atomic E-state index is 11.5. The van der Waals surface area contributed by atoms with Crippen LogP contribution in [0.1, 0.15) is 44.9 Å². The second-order valence-electron chi connectivity index (χ2n) is 5.11. The molecule has 0 spiro atoms. The molecule has 0 aromatic carbocycles. The van der Waals surface area contributed by atoms with Gasteiger partial charge in [-0.05, 0) is 12.8 Å². The van der Waals surface area contributed by atoms with Crippen LogP contribution in [0.5, 0.6) is 0 Å². The molecule has 104 valence electrons. The van der Waals surface area contributed by atoms with E-state index in [2.05, 4.69) is 20.6 Å². The van der Waals surface area contributed by atoms with Gasteiger partial charge in [-0.15, -0.1) is 0 Å². The molecule has 1 saturated carbocycles. The summed E-state index contributed by atoms with van der Waals surface area (Å²) in [5.41, 5.74) is 0. The van der Waals surface area contributed by atoms with Crippen LogP contribution in [0.3, 0.4) is 0 Å². The number of aromatic nitrogens is 2. The third-order valence-corrected chi connectivity index (χ3v) is 3.02. The van der Waals surface area contributed by atoms with Crippen LogP contribution in [0, 0.1) is 0 Å². The van der Waals surface area contributed by atoms with Crippen molar-refractivity contribution in [1.82, 2.24) is 15.3 Å². The van der Waals surface area contributed by atoms with Gasteiger partial charge in [0.1, 0.15) is 16.8 Å². The third kappa shape index (κ3) is 4.67. The van der Waals surface area contributed by atoms with Gasteiger partial charge >= 0.3 is 0 Å².